The molecule has 0 radical (unpaired) electrons. The Balaban J connectivity index is 1.87. The van der Waals surface area contributed by atoms with Crippen molar-refractivity contribution in [3.8, 4) is 17.1 Å². The van der Waals surface area contributed by atoms with Crippen molar-refractivity contribution >= 4 is 11.2 Å². The average molecular weight is 420 g/mol. The lowest BCUT2D eigenvalue weighted by molar-refractivity contribution is 0.328. The molecule has 162 valence electrons. The third-order valence-corrected chi connectivity index (χ3v) is 5.44. The third-order valence-electron chi connectivity index (χ3n) is 5.44. The van der Waals surface area contributed by atoms with E-state index in [4.69, 9.17) is 14.8 Å². The maximum Gasteiger partial charge on any atom is 0.222 e. The minimum Gasteiger partial charge on any atom is -0.477 e. The zero-order valence-electron chi connectivity index (χ0n) is 18.8. The molecule has 8 heteroatoms. The molecular formula is C23H29N7O. The summed E-state index contributed by atoms with van der Waals surface area (Å²) in [5.74, 6) is 1.76. The second-order valence-corrected chi connectivity index (χ2v) is 7.72. The Kier molecular flexibility index (Phi) is 5.88. The molecule has 1 unspecified atom stereocenters. The van der Waals surface area contributed by atoms with E-state index in [0.717, 1.165) is 46.0 Å². The number of ether oxygens (including phenoxy) is 1. The number of aryl methyl sites for hydroxylation is 2. The number of nitrogens with one attached hydrogen (secondary N) is 1. The first-order chi connectivity index (χ1) is 15.0. The number of fused-ring (bicyclic) bond motifs is 1. The molecule has 0 aliphatic carbocycles. The van der Waals surface area contributed by atoms with Crippen LogP contribution in [0.4, 0.5) is 5.69 Å². The molecule has 1 atom stereocenters. The van der Waals surface area contributed by atoms with Gasteiger partial charge in [-0.1, -0.05) is 13.8 Å². The van der Waals surface area contributed by atoms with Crippen LogP contribution in [0.5, 0.6) is 5.88 Å². The summed E-state index contributed by atoms with van der Waals surface area (Å²) in [5, 5.41) is 12.8. The van der Waals surface area contributed by atoms with Crippen molar-refractivity contribution in [1.29, 1.82) is 0 Å². The minimum atomic E-state index is 0.327. The van der Waals surface area contributed by atoms with Gasteiger partial charge in [-0.2, -0.15) is 10.2 Å². The highest BCUT2D eigenvalue weighted by Crippen LogP contribution is 2.34. The van der Waals surface area contributed by atoms with Crippen LogP contribution in [0.3, 0.4) is 0 Å². The largest absolute Gasteiger partial charge is 0.477 e. The number of hydrogen-bond donors (Lipinski definition) is 1. The van der Waals surface area contributed by atoms with E-state index < -0.39 is 0 Å². The molecular weight excluding hydrogens is 390 g/mol. The van der Waals surface area contributed by atoms with Crippen LogP contribution in [0.15, 0.2) is 36.8 Å². The second kappa shape index (κ2) is 8.75. The van der Waals surface area contributed by atoms with Crippen LogP contribution in [0, 0.1) is 6.92 Å². The molecule has 0 aromatic carbocycles. The summed E-state index contributed by atoms with van der Waals surface area (Å²) in [6.45, 7) is 9.53. The van der Waals surface area contributed by atoms with Gasteiger partial charge in [-0.05, 0) is 38.5 Å². The van der Waals surface area contributed by atoms with Crippen LogP contribution in [-0.4, -0.2) is 36.0 Å². The van der Waals surface area contributed by atoms with Crippen molar-refractivity contribution in [3.05, 3.63) is 53.9 Å². The first-order valence-electron chi connectivity index (χ1n) is 10.7. The van der Waals surface area contributed by atoms with E-state index in [1.54, 1.807) is 6.20 Å². The molecule has 31 heavy (non-hydrogen) atoms. The van der Waals surface area contributed by atoms with Gasteiger partial charge in [-0.25, -0.2) is 14.5 Å². The summed E-state index contributed by atoms with van der Waals surface area (Å²) in [6.07, 6.45) is 6.63. The maximum atomic E-state index is 5.76. The predicted molar refractivity (Wildman–Crippen MR) is 121 cm³/mol. The Bertz CT molecular complexity index is 1190. The minimum absolute atomic E-state index is 0.327. The Morgan fingerprint density at radius 2 is 2.10 bits per heavy atom. The van der Waals surface area contributed by atoms with E-state index in [1.165, 1.54) is 0 Å². The first-order valence-corrected chi connectivity index (χ1v) is 10.7. The van der Waals surface area contributed by atoms with Crippen LogP contribution in [0.1, 0.15) is 50.2 Å². The van der Waals surface area contributed by atoms with Gasteiger partial charge in [0.2, 0.25) is 5.88 Å². The summed E-state index contributed by atoms with van der Waals surface area (Å²) < 4.78 is 9.50. The molecule has 0 saturated heterocycles. The number of pyridine rings is 1. The summed E-state index contributed by atoms with van der Waals surface area (Å²) in [7, 11) is 1.92. The number of hydrogen-bond acceptors (Lipinski definition) is 6. The molecule has 0 amide bonds. The zero-order chi connectivity index (χ0) is 22.0. The van der Waals surface area contributed by atoms with Crippen LogP contribution >= 0.6 is 0 Å². The van der Waals surface area contributed by atoms with Gasteiger partial charge in [-0.3, -0.25) is 4.68 Å². The molecule has 8 nitrogen and oxygen atoms in total. The summed E-state index contributed by atoms with van der Waals surface area (Å²) in [5.41, 5.74) is 5.81. The van der Waals surface area contributed by atoms with Crippen LogP contribution in [-0.2, 0) is 13.6 Å². The predicted octanol–water partition coefficient (Wildman–Crippen LogP) is 4.36. The Labute approximate surface area is 182 Å². The highest BCUT2D eigenvalue weighted by Gasteiger charge is 2.21. The fraction of sp³-hybridized carbons (Fsp3) is 0.391. The third kappa shape index (κ3) is 4.10. The van der Waals surface area contributed by atoms with Gasteiger partial charge in [0.15, 0.2) is 0 Å². The quantitative estimate of drug-likeness (QED) is 0.457. The average Bonchev–Trinajstić information content (AvgIpc) is 3.35. The highest BCUT2D eigenvalue weighted by atomic mass is 16.5. The van der Waals surface area contributed by atoms with Crippen molar-refractivity contribution in [1.82, 2.24) is 29.4 Å². The van der Waals surface area contributed by atoms with Crippen molar-refractivity contribution in [2.45, 2.75) is 46.6 Å². The van der Waals surface area contributed by atoms with Crippen molar-refractivity contribution < 1.29 is 4.74 Å². The molecule has 0 aliphatic rings. The standard InChI is InChI=1S/C23H29N7O/c1-6-15(3)21-22-20(25-12-17-13-26-29(5)14-17)11-19(28-30(22)16(4)27-21)18-9-8-10-24-23(18)31-7-2/h8-11,13-15,25H,6-7,12H2,1-5H3. The lowest BCUT2D eigenvalue weighted by atomic mass is 10.0. The topological polar surface area (TPSA) is 82.2 Å². The van der Waals surface area contributed by atoms with E-state index >= 15 is 0 Å². The number of nitrogens with zero attached hydrogens (tertiary/aromatic N) is 6. The summed E-state index contributed by atoms with van der Waals surface area (Å²) >= 11 is 0. The SMILES string of the molecule is CCOc1ncccc1-c1cc(NCc2cnn(C)c2)c2c(C(C)CC)nc(C)n2n1. The van der Waals surface area contributed by atoms with Gasteiger partial charge < -0.3 is 10.1 Å². The smallest absolute Gasteiger partial charge is 0.222 e. The van der Waals surface area contributed by atoms with Gasteiger partial charge in [0.05, 0.1) is 35.4 Å². The van der Waals surface area contributed by atoms with Gasteiger partial charge in [0.25, 0.3) is 0 Å². The number of aromatic nitrogens is 6. The van der Waals surface area contributed by atoms with E-state index in [0.29, 0.717) is 24.9 Å². The molecule has 0 spiro atoms. The molecule has 4 aromatic rings. The molecule has 4 aromatic heterocycles. The van der Waals surface area contributed by atoms with Gasteiger partial charge >= 0.3 is 0 Å². The Hall–Kier alpha value is -3.42. The van der Waals surface area contributed by atoms with E-state index in [1.807, 2.05) is 54.6 Å². The Morgan fingerprint density at radius 3 is 2.81 bits per heavy atom. The highest BCUT2D eigenvalue weighted by molar-refractivity contribution is 5.80. The monoisotopic (exact) mass is 419 g/mol. The molecule has 1 N–H and O–H groups in total. The molecule has 0 saturated carbocycles. The second-order valence-electron chi connectivity index (χ2n) is 7.72. The molecule has 0 aliphatic heterocycles. The van der Waals surface area contributed by atoms with Gasteiger partial charge in [0.1, 0.15) is 11.3 Å². The number of rotatable bonds is 8. The lowest BCUT2D eigenvalue weighted by Gasteiger charge is -2.14. The fourth-order valence-corrected chi connectivity index (χ4v) is 3.66. The van der Waals surface area contributed by atoms with E-state index in [2.05, 4.69) is 35.3 Å². The fourth-order valence-electron chi connectivity index (χ4n) is 3.66. The normalized spacial score (nSPS) is 12.3. The number of anilines is 1. The van der Waals surface area contributed by atoms with E-state index in [-0.39, 0.29) is 0 Å². The summed E-state index contributed by atoms with van der Waals surface area (Å²) in [4.78, 5) is 9.27. The molecule has 4 heterocycles. The van der Waals surface area contributed by atoms with Crippen LogP contribution in [0.2, 0.25) is 0 Å². The van der Waals surface area contributed by atoms with Crippen LogP contribution < -0.4 is 10.1 Å². The van der Waals surface area contributed by atoms with Crippen molar-refractivity contribution in [2.75, 3.05) is 11.9 Å². The number of imidazole rings is 1. The molecule has 0 bridgehead atoms. The van der Waals surface area contributed by atoms with Gasteiger partial charge in [0, 0.05) is 37.5 Å². The molecule has 0 fully saturated rings. The summed E-state index contributed by atoms with van der Waals surface area (Å²) in [6, 6.07) is 5.95. The van der Waals surface area contributed by atoms with E-state index in [9.17, 15) is 0 Å². The van der Waals surface area contributed by atoms with Crippen LogP contribution in [0.25, 0.3) is 16.8 Å². The lowest BCUT2D eigenvalue weighted by Crippen LogP contribution is -2.06. The Morgan fingerprint density at radius 1 is 1.26 bits per heavy atom. The molecule has 4 rings (SSSR count). The van der Waals surface area contributed by atoms with Gasteiger partial charge in [-0.15, -0.1) is 0 Å². The first kappa shape index (κ1) is 20.8. The maximum absolute atomic E-state index is 5.76. The zero-order valence-corrected chi connectivity index (χ0v) is 18.8. The van der Waals surface area contributed by atoms with Crippen molar-refractivity contribution in [2.24, 2.45) is 7.05 Å². The van der Waals surface area contributed by atoms with Crippen molar-refractivity contribution in [3.63, 3.8) is 0 Å².